The van der Waals surface area contributed by atoms with E-state index in [1.165, 1.54) is 11.6 Å². The first kappa shape index (κ1) is 15.8. The minimum Gasteiger partial charge on any atom is -0.396 e. The van der Waals surface area contributed by atoms with Crippen molar-refractivity contribution in [1.82, 2.24) is 0 Å². The summed E-state index contributed by atoms with van der Waals surface area (Å²) in [4.78, 5) is 0. The van der Waals surface area contributed by atoms with Crippen molar-refractivity contribution in [3.05, 3.63) is 30.3 Å². The molecular formula is C19H28O3Si. The second-order valence-electron chi connectivity index (χ2n) is 8.39. The number of epoxide rings is 1. The van der Waals surface area contributed by atoms with Gasteiger partial charge in [-0.2, -0.15) is 0 Å². The van der Waals surface area contributed by atoms with Crippen molar-refractivity contribution < 1.29 is 14.9 Å². The molecule has 5 atom stereocenters. The van der Waals surface area contributed by atoms with E-state index in [0.717, 1.165) is 25.7 Å². The molecule has 126 valence electrons. The van der Waals surface area contributed by atoms with Crippen LogP contribution >= 0.6 is 0 Å². The molecule has 23 heavy (non-hydrogen) atoms. The van der Waals surface area contributed by atoms with Crippen LogP contribution in [0.4, 0.5) is 0 Å². The lowest BCUT2D eigenvalue weighted by Gasteiger charge is -2.55. The first-order valence-corrected chi connectivity index (χ1v) is 12.1. The SMILES string of the molecule is C[Si](C)(c1ccccc1)[C@@H]1C[C@H](O)[C@@H]2O[C@@]23CCCC[C@@]13CO. The minimum absolute atomic E-state index is 0.0354. The first-order chi connectivity index (χ1) is 11.0. The van der Waals surface area contributed by atoms with Gasteiger partial charge in [-0.15, -0.1) is 0 Å². The Morgan fingerprint density at radius 2 is 1.87 bits per heavy atom. The van der Waals surface area contributed by atoms with E-state index in [4.69, 9.17) is 4.74 Å². The van der Waals surface area contributed by atoms with Crippen molar-refractivity contribution in [3.8, 4) is 0 Å². The second kappa shape index (κ2) is 5.15. The zero-order valence-electron chi connectivity index (χ0n) is 14.2. The molecule has 4 heteroatoms. The highest BCUT2D eigenvalue weighted by molar-refractivity contribution is 6.91. The average molecular weight is 333 g/mol. The lowest BCUT2D eigenvalue weighted by molar-refractivity contribution is -0.0290. The number of hydrogen-bond donors (Lipinski definition) is 2. The van der Waals surface area contributed by atoms with Gasteiger partial charge in [-0.05, 0) is 24.8 Å². The molecule has 0 radical (unpaired) electrons. The Labute approximate surface area is 139 Å². The van der Waals surface area contributed by atoms with Crippen LogP contribution < -0.4 is 5.19 Å². The zero-order chi connectivity index (χ0) is 16.3. The summed E-state index contributed by atoms with van der Waals surface area (Å²) in [6, 6.07) is 10.8. The lowest BCUT2D eigenvalue weighted by atomic mass is 9.58. The van der Waals surface area contributed by atoms with Crippen molar-refractivity contribution in [1.29, 1.82) is 0 Å². The van der Waals surface area contributed by atoms with Crippen LogP contribution in [-0.4, -0.2) is 42.7 Å². The molecule has 1 aromatic rings. The van der Waals surface area contributed by atoms with Crippen molar-refractivity contribution >= 4 is 13.3 Å². The van der Waals surface area contributed by atoms with Gasteiger partial charge in [0.1, 0.15) is 11.7 Å². The van der Waals surface area contributed by atoms with E-state index in [2.05, 4.69) is 43.4 Å². The number of aliphatic hydroxyl groups is 2. The Morgan fingerprint density at radius 3 is 2.57 bits per heavy atom. The number of hydrogen-bond acceptors (Lipinski definition) is 3. The Balaban J connectivity index is 1.80. The third-order valence-corrected chi connectivity index (χ3v) is 11.5. The van der Waals surface area contributed by atoms with E-state index in [1.807, 2.05) is 0 Å². The zero-order valence-corrected chi connectivity index (χ0v) is 15.2. The van der Waals surface area contributed by atoms with Crippen LogP contribution in [0.5, 0.6) is 0 Å². The molecule has 0 aromatic heterocycles. The standard InChI is InChI=1S/C19H28O3Si/c1-23(2,14-8-4-3-5-9-14)16-12-15(21)17-19(22-17)11-7-6-10-18(16,19)13-20/h3-5,8-9,15-17,20-21H,6-7,10-13H2,1-2H3/t15-,16+,17-,18+,19-/m0/s1. The third kappa shape index (κ3) is 1.98. The van der Waals surface area contributed by atoms with E-state index in [1.54, 1.807) is 0 Å². The van der Waals surface area contributed by atoms with Gasteiger partial charge < -0.3 is 14.9 Å². The van der Waals surface area contributed by atoms with Gasteiger partial charge in [-0.3, -0.25) is 0 Å². The summed E-state index contributed by atoms with van der Waals surface area (Å²) in [5.41, 5.74) is -0.0429. The van der Waals surface area contributed by atoms with Gasteiger partial charge in [0, 0.05) is 5.41 Å². The Morgan fingerprint density at radius 1 is 1.17 bits per heavy atom. The van der Waals surface area contributed by atoms with Crippen LogP contribution in [0.25, 0.3) is 0 Å². The Hall–Kier alpha value is -0.683. The largest absolute Gasteiger partial charge is 0.396 e. The molecule has 1 spiro atoms. The Bertz CT molecular complexity index is 590. The van der Waals surface area contributed by atoms with Crippen molar-refractivity contribution in [2.75, 3.05) is 6.61 Å². The molecule has 1 aliphatic heterocycles. The van der Waals surface area contributed by atoms with Gasteiger partial charge in [-0.1, -0.05) is 61.5 Å². The van der Waals surface area contributed by atoms with E-state index in [-0.39, 0.29) is 29.8 Å². The highest BCUT2D eigenvalue weighted by atomic mass is 28.3. The number of aliphatic hydroxyl groups excluding tert-OH is 2. The van der Waals surface area contributed by atoms with Gasteiger partial charge in [0.2, 0.25) is 0 Å². The van der Waals surface area contributed by atoms with Crippen LogP contribution in [0, 0.1) is 5.41 Å². The Kier molecular flexibility index (Phi) is 3.55. The van der Waals surface area contributed by atoms with Crippen molar-refractivity contribution in [3.63, 3.8) is 0 Å². The van der Waals surface area contributed by atoms with Crippen LogP contribution in [-0.2, 0) is 4.74 Å². The summed E-state index contributed by atoms with van der Waals surface area (Å²) >= 11 is 0. The molecule has 4 rings (SSSR count). The normalized spacial score (nSPS) is 42.7. The van der Waals surface area contributed by atoms with Crippen molar-refractivity contribution in [2.24, 2.45) is 5.41 Å². The predicted octanol–water partition coefficient (Wildman–Crippen LogP) is 2.43. The second-order valence-corrected chi connectivity index (χ2v) is 13.1. The van der Waals surface area contributed by atoms with Crippen LogP contribution in [0.3, 0.4) is 0 Å². The van der Waals surface area contributed by atoms with E-state index in [9.17, 15) is 10.2 Å². The maximum atomic E-state index is 10.7. The monoisotopic (exact) mass is 332 g/mol. The van der Waals surface area contributed by atoms with Gasteiger partial charge in [0.15, 0.2) is 0 Å². The van der Waals surface area contributed by atoms with Crippen LogP contribution in [0.1, 0.15) is 32.1 Å². The van der Waals surface area contributed by atoms with Crippen LogP contribution in [0.15, 0.2) is 30.3 Å². The molecule has 0 bridgehead atoms. The smallest absolute Gasteiger partial charge is 0.114 e. The maximum absolute atomic E-state index is 10.7. The third-order valence-electron chi connectivity index (χ3n) is 7.17. The fourth-order valence-corrected chi connectivity index (χ4v) is 10.1. The molecule has 2 N–H and O–H groups in total. The highest BCUT2D eigenvalue weighted by Gasteiger charge is 2.77. The number of ether oxygens (including phenoxy) is 1. The predicted molar refractivity (Wildman–Crippen MR) is 93.5 cm³/mol. The molecule has 0 unspecified atom stereocenters. The van der Waals surface area contributed by atoms with E-state index < -0.39 is 8.07 Å². The molecule has 1 aromatic carbocycles. The maximum Gasteiger partial charge on any atom is 0.114 e. The summed E-state index contributed by atoms with van der Waals surface area (Å²) in [5, 5.41) is 22.6. The fraction of sp³-hybridized carbons (Fsp3) is 0.684. The first-order valence-electron chi connectivity index (χ1n) is 9.00. The van der Waals surface area contributed by atoms with E-state index >= 15 is 0 Å². The number of rotatable bonds is 3. The van der Waals surface area contributed by atoms with Crippen molar-refractivity contribution in [2.45, 2.75) is 68.5 Å². The fourth-order valence-electron chi connectivity index (χ4n) is 5.91. The molecule has 3 aliphatic rings. The van der Waals surface area contributed by atoms with Crippen LogP contribution in [0.2, 0.25) is 18.6 Å². The van der Waals surface area contributed by atoms with Gasteiger partial charge in [-0.25, -0.2) is 0 Å². The molecule has 2 saturated carbocycles. The molecule has 1 heterocycles. The molecule has 2 aliphatic carbocycles. The van der Waals surface area contributed by atoms with Gasteiger partial charge in [0.05, 0.1) is 20.8 Å². The van der Waals surface area contributed by atoms with Gasteiger partial charge >= 0.3 is 0 Å². The molecule has 3 nitrogen and oxygen atoms in total. The van der Waals surface area contributed by atoms with E-state index in [0.29, 0.717) is 5.54 Å². The number of benzene rings is 1. The lowest BCUT2D eigenvalue weighted by Crippen LogP contribution is -2.63. The summed E-state index contributed by atoms with van der Waals surface area (Å²) in [6.07, 6.45) is 4.75. The summed E-state index contributed by atoms with van der Waals surface area (Å²) in [7, 11) is -1.84. The summed E-state index contributed by atoms with van der Waals surface area (Å²) in [6.45, 7) is 5.01. The molecule has 3 fully saturated rings. The summed E-state index contributed by atoms with van der Waals surface area (Å²) < 4.78 is 6.15. The summed E-state index contributed by atoms with van der Waals surface area (Å²) in [5.74, 6) is 0. The average Bonchev–Trinajstić information content (AvgIpc) is 3.31. The minimum atomic E-state index is -1.84. The molecule has 0 amide bonds. The van der Waals surface area contributed by atoms with Gasteiger partial charge in [0.25, 0.3) is 0 Å². The molecular weight excluding hydrogens is 304 g/mol. The quantitative estimate of drug-likeness (QED) is 0.660. The molecule has 1 saturated heterocycles. The topological polar surface area (TPSA) is 53.0 Å². The highest BCUT2D eigenvalue weighted by Crippen LogP contribution is 2.70.